The van der Waals surface area contributed by atoms with Gasteiger partial charge in [-0.15, -0.1) is 0 Å². The molecule has 2 amide bonds. The molecule has 0 saturated carbocycles. The molecule has 0 radical (unpaired) electrons. The Morgan fingerprint density at radius 2 is 2.05 bits per heavy atom. The van der Waals surface area contributed by atoms with Crippen LogP contribution in [0.25, 0.3) is 0 Å². The minimum atomic E-state index is -0.123. The summed E-state index contributed by atoms with van der Waals surface area (Å²) in [6, 6.07) is 4.90. The van der Waals surface area contributed by atoms with E-state index < -0.39 is 0 Å². The third kappa shape index (κ3) is 3.67. The molecule has 114 valence electrons. The Bertz CT molecular complexity index is 540. The van der Waals surface area contributed by atoms with Gasteiger partial charge in [0.15, 0.2) is 0 Å². The van der Waals surface area contributed by atoms with E-state index in [1.165, 1.54) is 0 Å². The summed E-state index contributed by atoms with van der Waals surface area (Å²) in [6.07, 6.45) is 1.36. The largest absolute Gasteiger partial charge is 0.399 e. The third-order valence-electron chi connectivity index (χ3n) is 3.72. The summed E-state index contributed by atoms with van der Waals surface area (Å²) in [6.45, 7) is 3.66. The molecule has 0 unspecified atom stereocenters. The number of carbonyl (C=O) groups excluding carboxylic acids is 2. The van der Waals surface area contributed by atoms with Gasteiger partial charge in [-0.25, -0.2) is 0 Å². The second kappa shape index (κ2) is 6.80. The Hall–Kier alpha value is -1.75. The number of nitrogens with two attached hydrogens (primary N) is 1. The van der Waals surface area contributed by atoms with Gasteiger partial charge in [0.1, 0.15) is 0 Å². The van der Waals surface area contributed by atoms with Crippen LogP contribution in [0.3, 0.4) is 0 Å². The maximum atomic E-state index is 12.5. The number of carbonyl (C=O) groups is 2. The van der Waals surface area contributed by atoms with E-state index >= 15 is 0 Å². The van der Waals surface area contributed by atoms with Gasteiger partial charge in [0.05, 0.1) is 10.6 Å². The molecule has 0 aliphatic carbocycles. The SMILES string of the molecule is CCNC(=O)C1CCN(C(=O)c2cc(N)ccc2Cl)CC1. The molecule has 3 N–H and O–H groups in total. The molecular formula is C15H20ClN3O2. The summed E-state index contributed by atoms with van der Waals surface area (Å²) in [4.78, 5) is 26.0. The number of hydrogen-bond acceptors (Lipinski definition) is 3. The van der Waals surface area contributed by atoms with E-state index in [2.05, 4.69) is 5.32 Å². The molecule has 21 heavy (non-hydrogen) atoms. The number of nitrogen functional groups attached to an aromatic ring is 1. The highest BCUT2D eigenvalue weighted by Crippen LogP contribution is 2.24. The molecule has 0 atom stereocenters. The van der Waals surface area contributed by atoms with Crippen molar-refractivity contribution in [3.05, 3.63) is 28.8 Å². The standard InChI is InChI=1S/C15H20ClN3O2/c1-2-18-14(20)10-5-7-19(8-6-10)15(21)12-9-11(17)3-4-13(12)16/h3-4,9-10H,2,5-8,17H2,1H3,(H,18,20). The second-order valence-corrected chi connectivity index (χ2v) is 5.61. The van der Waals surface area contributed by atoms with Gasteiger partial charge in [0.25, 0.3) is 5.91 Å². The number of rotatable bonds is 3. The zero-order valence-electron chi connectivity index (χ0n) is 12.1. The van der Waals surface area contributed by atoms with Crippen molar-refractivity contribution in [2.24, 2.45) is 5.92 Å². The summed E-state index contributed by atoms with van der Waals surface area (Å²) >= 11 is 6.06. The predicted octanol–water partition coefficient (Wildman–Crippen LogP) is 1.91. The number of benzene rings is 1. The Kier molecular flexibility index (Phi) is 5.07. The van der Waals surface area contributed by atoms with Crippen molar-refractivity contribution in [2.75, 3.05) is 25.4 Å². The minimum Gasteiger partial charge on any atom is -0.399 e. The molecule has 0 aromatic heterocycles. The van der Waals surface area contributed by atoms with E-state index in [0.29, 0.717) is 48.7 Å². The molecule has 1 saturated heterocycles. The highest BCUT2D eigenvalue weighted by Gasteiger charge is 2.28. The molecule has 1 aromatic rings. The molecule has 0 spiro atoms. The van der Waals surface area contributed by atoms with Crippen LogP contribution < -0.4 is 11.1 Å². The van der Waals surface area contributed by atoms with Crippen molar-refractivity contribution < 1.29 is 9.59 Å². The van der Waals surface area contributed by atoms with Crippen molar-refractivity contribution in [3.63, 3.8) is 0 Å². The Morgan fingerprint density at radius 3 is 2.67 bits per heavy atom. The van der Waals surface area contributed by atoms with Crippen molar-refractivity contribution in [1.82, 2.24) is 10.2 Å². The second-order valence-electron chi connectivity index (χ2n) is 5.20. The monoisotopic (exact) mass is 309 g/mol. The lowest BCUT2D eigenvalue weighted by Crippen LogP contribution is -2.43. The highest BCUT2D eigenvalue weighted by atomic mass is 35.5. The molecular weight excluding hydrogens is 290 g/mol. The predicted molar refractivity (Wildman–Crippen MR) is 83.2 cm³/mol. The normalized spacial score (nSPS) is 15.8. The highest BCUT2D eigenvalue weighted by molar-refractivity contribution is 6.34. The Morgan fingerprint density at radius 1 is 1.38 bits per heavy atom. The molecule has 1 aromatic carbocycles. The fraction of sp³-hybridized carbons (Fsp3) is 0.467. The molecule has 5 nitrogen and oxygen atoms in total. The van der Waals surface area contributed by atoms with Crippen molar-refractivity contribution >= 4 is 29.1 Å². The van der Waals surface area contributed by atoms with E-state index in [0.717, 1.165) is 0 Å². The molecule has 0 bridgehead atoms. The Labute approximate surface area is 129 Å². The zero-order chi connectivity index (χ0) is 15.4. The molecule has 1 heterocycles. The molecule has 1 aliphatic heterocycles. The lowest BCUT2D eigenvalue weighted by molar-refractivity contribution is -0.126. The first-order valence-corrected chi connectivity index (χ1v) is 7.52. The van der Waals surface area contributed by atoms with Crippen LogP contribution in [0.4, 0.5) is 5.69 Å². The van der Waals surface area contributed by atoms with Gasteiger partial charge in [-0.2, -0.15) is 0 Å². The Balaban J connectivity index is 2.00. The van der Waals surface area contributed by atoms with Gasteiger partial charge < -0.3 is 16.0 Å². The quantitative estimate of drug-likeness (QED) is 0.838. The number of piperidine rings is 1. The van der Waals surface area contributed by atoms with Crippen LogP contribution in [0.1, 0.15) is 30.1 Å². The average Bonchev–Trinajstić information content (AvgIpc) is 2.49. The smallest absolute Gasteiger partial charge is 0.255 e. The van der Waals surface area contributed by atoms with E-state index in [1.54, 1.807) is 23.1 Å². The topological polar surface area (TPSA) is 75.4 Å². The first-order chi connectivity index (χ1) is 10.0. The van der Waals surface area contributed by atoms with Crippen LogP contribution >= 0.6 is 11.6 Å². The van der Waals surface area contributed by atoms with E-state index in [1.807, 2.05) is 6.92 Å². The molecule has 6 heteroatoms. The summed E-state index contributed by atoms with van der Waals surface area (Å²) in [5, 5.41) is 3.23. The first-order valence-electron chi connectivity index (χ1n) is 7.15. The van der Waals surface area contributed by atoms with Gasteiger partial charge in [0.2, 0.25) is 5.91 Å². The number of amides is 2. The average molecular weight is 310 g/mol. The van der Waals surface area contributed by atoms with Gasteiger partial charge >= 0.3 is 0 Å². The number of anilines is 1. The third-order valence-corrected chi connectivity index (χ3v) is 4.05. The fourth-order valence-electron chi connectivity index (χ4n) is 2.54. The summed E-state index contributed by atoms with van der Waals surface area (Å²) in [7, 11) is 0. The number of hydrogen-bond donors (Lipinski definition) is 2. The van der Waals surface area contributed by atoms with Gasteiger partial charge in [-0.3, -0.25) is 9.59 Å². The minimum absolute atomic E-state index is 0.00897. The maximum Gasteiger partial charge on any atom is 0.255 e. The van der Waals surface area contributed by atoms with Crippen LogP contribution in [0, 0.1) is 5.92 Å². The summed E-state index contributed by atoms with van der Waals surface area (Å²) in [5.74, 6) is -0.0569. The van der Waals surface area contributed by atoms with Crippen LogP contribution in [0.2, 0.25) is 5.02 Å². The van der Waals surface area contributed by atoms with Crippen LogP contribution in [0.15, 0.2) is 18.2 Å². The summed E-state index contributed by atoms with van der Waals surface area (Å²) < 4.78 is 0. The van der Waals surface area contributed by atoms with Crippen LogP contribution in [0.5, 0.6) is 0 Å². The maximum absolute atomic E-state index is 12.5. The summed E-state index contributed by atoms with van der Waals surface area (Å²) in [5.41, 5.74) is 6.65. The number of nitrogens with one attached hydrogen (secondary N) is 1. The van der Waals surface area contributed by atoms with E-state index in [9.17, 15) is 9.59 Å². The first kappa shape index (κ1) is 15.6. The number of halogens is 1. The molecule has 1 fully saturated rings. The molecule has 1 aliphatic rings. The van der Waals surface area contributed by atoms with E-state index in [4.69, 9.17) is 17.3 Å². The zero-order valence-corrected chi connectivity index (χ0v) is 12.8. The van der Waals surface area contributed by atoms with Crippen molar-refractivity contribution in [1.29, 1.82) is 0 Å². The number of nitrogens with zero attached hydrogens (tertiary/aromatic N) is 1. The number of likely N-dealkylation sites (tertiary alicyclic amines) is 1. The lowest BCUT2D eigenvalue weighted by atomic mass is 9.95. The fourth-order valence-corrected chi connectivity index (χ4v) is 2.74. The van der Waals surface area contributed by atoms with Crippen LogP contribution in [-0.4, -0.2) is 36.3 Å². The van der Waals surface area contributed by atoms with Gasteiger partial charge in [-0.1, -0.05) is 11.6 Å². The van der Waals surface area contributed by atoms with Crippen molar-refractivity contribution in [3.8, 4) is 0 Å². The lowest BCUT2D eigenvalue weighted by Gasteiger charge is -2.31. The van der Waals surface area contributed by atoms with E-state index in [-0.39, 0.29) is 17.7 Å². The van der Waals surface area contributed by atoms with Crippen LogP contribution in [-0.2, 0) is 4.79 Å². The molecule has 2 rings (SSSR count). The van der Waals surface area contributed by atoms with Gasteiger partial charge in [0, 0.05) is 31.2 Å². The van der Waals surface area contributed by atoms with Gasteiger partial charge in [-0.05, 0) is 38.0 Å². The van der Waals surface area contributed by atoms with Crippen molar-refractivity contribution in [2.45, 2.75) is 19.8 Å².